The molecule has 0 saturated carbocycles. The number of carbonyl (C=O) groups is 1. The molecule has 1 rings (SSSR count). The number of hydrogen-bond acceptors (Lipinski definition) is 3. The van der Waals surface area contributed by atoms with Crippen LogP contribution in [0.1, 0.15) is 20.8 Å². The SMILES string of the molecule is CC(C)(C)OC(=O)Nc1sccc1Cl. The van der Waals surface area contributed by atoms with Crippen molar-refractivity contribution in [2.45, 2.75) is 26.4 Å². The van der Waals surface area contributed by atoms with Crippen LogP contribution in [-0.2, 0) is 4.74 Å². The molecule has 0 aliphatic heterocycles. The Morgan fingerprint density at radius 2 is 2.21 bits per heavy atom. The molecule has 0 radical (unpaired) electrons. The number of halogens is 1. The zero-order valence-corrected chi connectivity index (χ0v) is 9.83. The van der Waals surface area contributed by atoms with Gasteiger partial charge in [-0.1, -0.05) is 11.6 Å². The minimum atomic E-state index is -0.492. The van der Waals surface area contributed by atoms with Gasteiger partial charge >= 0.3 is 6.09 Å². The standard InChI is InChI=1S/C9H12ClNO2S/c1-9(2,3)13-8(12)11-7-6(10)4-5-14-7/h4-5H,1-3H3,(H,11,12). The lowest BCUT2D eigenvalue weighted by molar-refractivity contribution is 0.0636. The van der Waals surface area contributed by atoms with Gasteiger partial charge in [0.15, 0.2) is 0 Å². The molecule has 78 valence electrons. The molecule has 1 amide bonds. The van der Waals surface area contributed by atoms with Crippen molar-refractivity contribution in [3.8, 4) is 0 Å². The summed E-state index contributed by atoms with van der Waals surface area (Å²) in [4.78, 5) is 11.3. The molecule has 0 spiro atoms. The Labute approximate surface area is 92.0 Å². The Morgan fingerprint density at radius 1 is 1.57 bits per heavy atom. The van der Waals surface area contributed by atoms with E-state index < -0.39 is 11.7 Å². The van der Waals surface area contributed by atoms with Crippen molar-refractivity contribution in [3.05, 3.63) is 16.5 Å². The molecule has 0 aliphatic carbocycles. The Bertz CT molecular complexity index is 330. The van der Waals surface area contributed by atoms with E-state index in [1.807, 2.05) is 20.8 Å². The summed E-state index contributed by atoms with van der Waals surface area (Å²) in [6.45, 7) is 5.42. The minimum Gasteiger partial charge on any atom is -0.444 e. The fourth-order valence-corrected chi connectivity index (χ4v) is 1.76. The number of amides is 1. The molecule has 5 heteroatoms. The molecule has 1 aromatic rings. The van der Waals surface area contributed by atoms with Crippen LogP contribution in [0, 0.1) is 0 Å². The Kier molecular flexibility index (Phi) is 3.39. The second-order valence-electron chi connectivity index (χ2n) is 3.72. The predicted molar refractivity (Wildman–Crippen MR) is 59.2 cm³/mol. The van der Waals surface area contributed by atoms with E-state index in [4.69, 9.17) is 16.3 Å². The third-order valence-corrected chi connectivity index (χ3v) is 2.49. The summed E-state index contributed by atoms with van der Waals surface area (Å²) < 4.78 is 5.06. The van der Waals surface area contributed by atoms with Gasteiger partial charge in [0.1, 0.15) is 10.6 Å². The zero-order valence-electron chi connectivity index (χ0n) is 8.26. The highest BCUT2D eigenvalue weighted by atomic mass is 35.5. The average Bonchev–Trinajstić information content (AvgIpc) is 2.32. The van der Waals surface area contributed by atoms with E-state index >= 15 is 0 Å². The molecule has 1 N–H and O–H groups in total. The Balaban J connectivity index is 2.54. The molecule has 14 heavy (non-hydrogen) atoms. The van der Waals surface area contributed by atoms with Gasteiger partial charge in [0, 0.05) is 0 Å². The lowest BCUT2D eigenvalue weighted by atomic mass is 10.2. The van der Waals surface area contributed by atoms with Gasteiger partial charge in [-0.05, 0) is 32.2 Å². The summed E-state index contributed by atoms with van der Waals surface area (Å²) >= 11 is 7.16. The van der Waals surface area contributed by atoms with Gasteiger partial charge in [-0.15, -0.1) is 11.3 Å². The van der Waals surface area contributed by atoms with Crippen LogP contribution in [-0.4, -0.2) is 11.7 Å². The van der Waals surface area contributed by atoms with E-state index in [-0.39, 0.29) is 0 Å². The van der Waals surface area contributed by atoms with E-state index in [9.17, 15) is 4.79 Å². The number of carbonyl (C=O) groups excluding carboxylic acids is 1. The van der Waals surface area contributed by atoms with Crippen LogP contribution in [0.3, 0.4) is 0 Å². The average molecular weight is 234 g/mol. The van der Waals surface area contributed by atoms with Crippen LogP contribution in [0.5, 0.6) is 0 Å². The third kappa shape index (κ3) is 3.55. The van der Waals surface area contributed by atoms with Crippen molar-refractivity contribution in [2.75, 3.05) is 5.32 Å². The first-order valence-corrected chi connectivity index (χ1v) is 5.37. The van der Waals surface area contributed by atoms with E-state index in [1.165, 1.54) is 11.3 Å². The van der Waals surface area contributed by atoms with Gasteiger partial charge in [-0.2, -0.15) is 0 Å². The van der Waals surface area contributed by atoms with Gasteiger partial charge in [0.25, 0.3) is 0 Å². The molecule has 0 fully saturated rings. The molecule has 1 aromatic heterocycles. The number of hydrogen-bond donors (Lipinski definition) is 1. The fraction of sp³-hybridized carbons (Fsp3) is 0.444. The molecule has 0 atom stereocenters. The molecule has 0 bridgehead atoms. The van der Waals surface area contributed by atoms with Crippen molar-refractivity contribution in [1.29, 1.82) is 0 Å². The molecule has 0 saturated heterocycles. The van der Waals surface area contributed by atoms with Crippen molar-refractivity contribution in [1.82, 2.24) is 0 Å². The molecule has 0 aliphatic rings. The Hall–Kier alpha value is -0.740. The maximum Gasteiger partial charge on any atom is 0.412 e. The predicted octanol–water partition coefficient (Wildman–Crippen LogP) is 3.75. The zero-order chi connectivity index (χ0) is 10.8. The first-order valence-electron chi connectivity index (χ1n) is 4.11. The normalized spacial score (nSPS) is 11.1. The molecular formula is C9H12ClNO2S. The highest BCUT2D eigenvalue weighted by Gasteiger charge is 2.17. The smallest absolute Gasteiger partial charge is 0.412 e. The van der Waals surface area contributed by atoms with Gasteiger partial charge < -0.3 is 4.74 Å². The van der Waals surface area contributed by atoms with Crippen LogP contribution >= 0.6 is 22.9 Å². The lowest BCUT2D eigenvalue weighted by Crippen LogP contribution is -2.27. The van der Waals surface area contributed by atoms with E-state index in [0.29, 0.717) is 10.0 Å². The highest BCUT2D eigenvalue weighted by Crippen LogP contribution is 2.28. The summed E-state index contributed by atoms with van der Waals surface area (Å²) in [6, 6.07) is 1.72. The van der Waals surface area contributed by atoms with E-state index in [2.05, 4.69) is 5.32 Å². The first-order chi connectivity index (χ1) is 6.38. The first kappa shape index (κ1) is 11.3. The quantitative estimate of drug-likeness (QED) is 0.802. The summed E-state index contributed by atoms with van der Waals surface area (Å²) in [5.41, 5.74) is -0.492. The molecular weight excluding hydrogens is 222 g/mol. The van der Waals surface area contributed by atoms with Crippen LogP contribution in [0.25, 0.3) is 0 Å². The molecule has 1 heterocycles. The van der Waals surface area contributed by atoms with Crippen LogP contribution in [0.15, 0.2) is 11.4 Å². The Morgan fingerprint density at radius 3 is 2.64 bits per heavy atom. The number of rotatable bonds is 1. The lowest BCUT2D eigenvalue weighted by Gasteiger charge is -2.19. The topological polar surface area (TPSA) is 38.3 Å². The van der Waals surface area contributed by atoms with Crippen LogP contribution in [0.4, 0.5) is 9.80 Å². The summed E-state index contributed by atoms with van der Waals surface area (Å²) in [6.07, 6.45) is -0.484. The van der Waals surface area contributed by atoms with E-state index in [0.717, 1.165) is 0 Å². The van der Waals surface area contributed by atoms with Crippen molar-refractivity contribution in [2.24, 2.45) is 0 Å². The van der Waals surface area contributed by atoms with Crippen molar-refractivity contribution < 1.29 is 9.53 Å². The minimum absolute atomic E-state index is 0.484. The van der Waals surface area contributed by atoms with Crippen molar-refractivity contribution >= 4 is 34.0 Å². The summed E-state index contributed by atoms with van der Waals surface area (Å²) in [5, 5.41) is 5.51. The van der Waals surface area contributed by atoms with Gasteiger partial charge in [0.2, 0.25) is 0 Å². The van der Waals surface area contributed by atoms with Crippen LogP contribution in [0.2, 0.25) is 5.02 Å². The number of thiophene rings is 1. The highest BCUT2D eigenvalue weighted by molar-refractivity contribution is 7.15. The second-order valence-corrected chi connectivity index (χ2v) is 5.05. The monoisotopic (exact) mass is 233 g/mol. The molecule has 0 aromatic carbocycles. The molecule has 3 nitrogen and oxygen atoms in total. The number of anilines is 1. The van der Waals surface area contributed by atoms with Crippen LogP contribution < -0.4 is 5.32 Å². The second kappa shape index (κ2) is 4.19. The van der Waals surface area contributed by atoms with Gasteiger partial charge in [0.05, 0.1) is 5.02 Å². The summed E-state index contributed by atoms with van der Waals surface area (Å²) in [7, 11) is 0. The number of nitrogens with one attached hydrogen (secondary N) is 1. The van der Waals surface area contributed by atoms with Gasteiger partial charge in [-0.3, -0.25) is 5.32 Å². The van der Waals surface area contributed by atoms with Gasteiger partial charge in [-0.25, -0.2) is 4.79 Å². The van der Waals surface area contributed by atoms with Crippen molar-refractivity contribution in [3.63, 3.8) is 0 Å². The number of ether oxygens (including phenoxy) is 1. The maximum atomic E-state index is 11.3. The van der Waals surface area contributed by atoms with E-state index in [1.54, 1.807) is 11.4 Å². The third-order valence-electron chi connectivity index (χ3n) is 1.23. The largest absolute Gasteiger partial charge is 0.444 e. The summed E-state index contributed by atoms with van der Waals surface area (Å²) in [5.74, 6) is 0. The fourth-order valence-electron chi connectivity index (χ4n) is 0.779. The maximum absolute atomic E-state index is 11.3. The molecule has 0 unspecified atom stereocenters.